The standard InChI is InChI=1S/C23H30FN5O2/c1-15(30)26-17-5-7-18(8-6-17)27-23-25-14-21(24)22(28-23)16-3-2-4-19(13-16)29-11-9-20(31)10-12-29/h2-4,13-14,17-18,20,31H,5-12H2,1H3,(H,26,30)(H,25,27,28). The van der Waals surface area contributed by atoms with Crippen LogP contribution in [0, 0.1) is 5.82 Å². The highest BCUT2D eigenvalue weighted by atomic mass is 19.1. The molecule has 8 heteroatoms. The topological polar surface area (TPSA) is 90.4 Å². The number of carbonyl (C=O) groups is 1. The van der Waals surface area contributed by atoms with Gasteiger partial charge in [-0.25, -0.2) is 14.4 Å². The molecule has 4 rings (SSSR count). The van der Waals surface area contributed by atoms with Gasteiger partial charge in [0.05, 0.1) is 12.3 Å². The van der Waals surface area contributed by atoms with Gasteiger partial charge in [-0.2, -0.15) is 0 Å². The minimum atomic E-state index is -0.453. The van der Waals surface area contributed by atoms with E-state index in [0.29, 0.717) is 11.5 Å². The molecule has 166 valence electrons. The third kappa shape index (κ3) is 5.50. The largest absolute Gasteiger partial charge is 0.393 e. The Balaban J connectivity index is 1.45. The van der Waals surface area contributed by atoms with Gasteiger partial charge in [0, 0.05) is 43.3 Å². The summed E-state index contributed by atoms with van der Waals surface area (Å²) in [6.45, 7) is 3.11. The lowest BCUT2D eigenvalue weighted by Gasteiger charge is -2.31. The number of rotatable bonds is 5. The van der Waals surface area contributed by atoms with Gasteiger partial charge in [-0.1, -0.05) is 12.1 Å². The smallest absolute Gasteiger partial charge is 0.223 e. The summed E-state index contributed by atoms with van der Waals surface area (Å²) in [7, 11) is 0. The van der Waals surface area contributed by atoms with Gasteiger partial charge in [0.1, 0.15) is 5.69 Å². The van der Waals surface area contributed by atoms with Crippen molar-refractivity contribution >= 4 is 17.5 Å². The maximum absolute atomic E-state index is 14.6. The Bertz CT molecular complexity index is 909. The summed E-state index contributed by atoms with van der Waals surface area (Å²) in [5, 5.41) is 16.1. The van der Waals surface area contributed by atoms with Crippen molar-refractivity contribution in [1.29, 1.82) is 0 Å². The highest BCUT2D eigenvalue weighted by Gasteiger charge is 2.23. The maximum Gasteiger partial charge on any atom is 0.223 e. The summed E-state index contributed by atoms with van der Waals surface area (Å²) in [5.74, 6) is -0.0251. The Morgan fingerprint density at radius 3 is 2.55 bits per heavy atom. The van der Waals surface area contributed by atoms with E-state index < -0.39 is 5.82 Å². The van der Waals surface area contributed by atoms with E-state index in [4.69, 9.17) is 0 Å². The molecule has 1 saturated heterocycles. The molecule has 0 unspecified atom stereocenters. The molecular weight excluding hydrogens is 397 g/mol. The fourth-order valence-corrected chi connectivity index (χ4v) is 4.47. The second kappa shape index (κ2) is 9.60. The zero-order chi connectivity index (χ0) is 21.8. The molecule has 1 aliphatic carbocycles. The number of hydrogen-bond donors (Lipinski definition) is 3. The number of aliphatic hydroxyl groups excluding tert-OH is 1. The van der Waals surface area contributed by atoms with Gasteiger partial charge in [-0.05, 0) is 50.7 Å². The van der Waals surface area contributed by atoms with Crippen LogP contribution in [0.3, 0.4) is 0 Å². The lowest BCUT2D eigenvalue weighted by molar-refractivity contribution is -0.119. The molecule has 0 spiro atoms. The predicted molar refractivity (Wildman–Crippen MR) is 118 cm³/mol. The first kappa shape index (κ1) is 21.5. The van der Waals surface area contributed by atoms with Gasteiger partial charge in [0.2, 0.25) is 11.9 Å². The molecule has 0 radical (unpaired) electrons. The molecule has 7 nitrogen and oxygen atoms in total. The molecule has 1 saturated carbocycles. The van der Waals surface area contributed by atoms with Crippen molar-refractivity contribution in [2.75, 3.05) is 23.3 Å². The number of aliphatic hydroxyl groups is 1. The Morgan fingerprint density at radius 2 is 1.84 bits per heavy atom. The number of aromatic nitrogens is 2. The number of anilines is 2. The quantitative estimate of drug-likeness (QED) is 0.679. The molecule has 2 heterocycles. The fraction of sp³-hybridized carbons (Fsp3) is 0.522. The number of benzene rings is 1. The van der Waals surface area contributed by atoms with Crippen LogP contribution in [0.25, 0.3) is 11.3 Å². The van der Waals surface area contributed by atoms with Crippen LogP contribution in [0.4, 0.5) is 16.0 Å². The van der Waals surface area contributed by atoms with E-state index in [-0.39, 0.29) is 29.8 Å². The summed E-state index contributed by atoms with van der Waals surface area (Å²) < 4.78 is 14.6. The average Bonchev–Trinajstić information content (AvgIpc) is 2.77. The van der Waals surface area contributed by atoms with E-state index in [1.54, 1.807) is 6.92 Å². The number of carbonyl (C=O) groups excluding carboxylic acids is 1. The van der Waals surface area contributed by atoms with Crippen LogP contribution in [0.2, 0.25) is 0 Å². The third-order valence-corrected chi connectivity index (χ3v) is 6.16. The number of halogens is 1. The molecule has 0 atom stereocenters. The van der Waals surface area contributed by atoms with E-state index in [9.17, 15) is 14.3 Å². The van der Waals surface area contributed by atoms with E-state index in [0.717, 1.165) is 57.3 Å². The Morgan fingerprint density at radius 1 is 1.13 bits per heavy atom. The number of nitrogens with zero attached hydrogens (tertiary/aromatic N) is 3. The van der Waals surface area contributed by atoms with Crippen molar-refractivity contribution in [1.82, 2.24) is 15.3 Å². The molecule has 2 fully saturated rings. The third-order valence-electron chi connectivity index (χ3n) is 6.16. The number of hydrogen-bond acceptors (Lipinski definition) is 6. The Kier molecular flexibility index (Phi) is 6.65. The first-order valence-corrected chi connectivity index (χ1v) is 11.1. The van der Waals surface area contributed by atoms with Gasteiger partial charge < -0.3 is 20.6 Å². The van der Waals surface area contributed by atoms with Crippen LogP contribution in [0.1, 0.15) is 45.4 Å². The van der Waals surface area contributed by atoms with Crippen molar-refractivity contribution < 1.29 is 14.3 Å². The van der Waals surface area contributed by atoms with Crippen molar-refractivity contribution in [3.8, 4) is 11.3 Å². The maximum atomic E-state index is 14.6. The zero-order valence-electron chi connectivity index (χ0n) is 17.9. The molecular formula is C23H30FN5O2. The van der Waals surface area contributed by atoms with Gasteiger partial charge in [-0.15, -0.1) is 0 Å². The molecule has 1 amide bonds. The second-order valence-electron chi connectivity index (χ2n) is 8.55. The van der Waals surface area contributed by atoms with Gasteiger partial charge in [0.15, 0.2) is 5.82 Å². The summed E-state index contributed by atoms with van der Waals surface area (Å²) in [5.41, 5.74) is 2.00. The predicted octanol–water partition coefficient (Wildman–Crippen LogP) is 3.10. The van der Waals surface area contributed by atoms with Crippen LogP contribution in [-0.2, 0) is 4.79 Å². The van der Waals surface area contributed by atoms with Gasteiger partial charge in [0.25, 0.3) is 0 Å². The van der Waals surface area contributed by atoms with Crippen LogP contribution >= 0.6 is 0 Å². The number of piperidine rings is 1. The Hall–Kier alpha value is -2.74. The first-order valence-electron chi connectivity index (χ1n) is 11.1. The fourth-order valence-electron chi connectivity index (χ4n) is 4.47. The Labute approximate surface area is 182 Å². The first-order chi connectivity index (χ1) is 15.0. The van der Waals surface area contributed by atoms with E-state index in [2.05, 4.69) is 25.5 Å². The molecule has 0 bridgehead atoms. The van der Waals surface area contributed by atoms with Gasteiger partial charge >= 0.3 is 0 Å². The van der Waals surface area contributed by atoms with Crippen molar-refractivity contribution in [3.63, 3.8) is 0 Å². The highest BCUT2D eigenvalue weighted by Crippen LogP contribution is 2.28. The summed E-state index contributed by atoms with van der Waals surface area (Å²) in [6.07, 6.45) is 6.07. The van der Waals surface area contributed by atoms with E-state index >= 15 is 0 Å². The molecule has 31 heavy (non-hydrogen) atoms. The minimum Gasteiger partial charge on any atom is -0.393 e. The molecule has 3 N–H and O–H groups in total. The van der Waals surface area contributed by atoms with Crippen LogP contribution in [0.5, 0.6) is 0 Å². The minimum absolute atomic E-state index is 0.00545. The average molecular weight is 428 g/mol. The molecule has 2 aromatic rings. The highest BCUT2D eigenvalue weighted by molar-refractivity contribution is 5.73. The molecule has 2 aliphatic rings. The van der Waals surface area contributed by atoms with Gasteiger partial charge in [-0.3, -0.25) is 4.79 Å². The van der Waals surface area contributed by atoms with Crippen LogP contribution < -0.4 is 15.5 Å². The molecule has 1 aromatic carbocycles. The summed E-state index contributed by atoms with van der Waals surface area (Å²) >= 11 is 0. The van der Waals surface area contributed by atoms with E-state index in [1.165, 1.54) is 6.20 Å². The summed E-state index contributed by atoms with van der Waals surface area (Å²) in [6, 6.07) is 8.15. The SMILES string of the molecule is CC(=O)NC1CCC(Nc2ncc(F)c(-c3cccc(N4CCC(O)CC4)c3)n2)CC1. The van der Waals surface area contributed by atoms with Crippen molar-refractivity contribution in [2.24, 2.45) is 0 Å². The van der Waals surface area contributed by atoms with Crippen LogP contribution in [0.15, 0.2) is 30.5 Å². The van der Waals surface area contributed by atoms with Crippen molar-refractivity contribution in [3.05, 3.63) is 36.3 Å². The van der Waals surface area contributed by atoms with Crippen molar-refractivity contribution in [2.45, 2.75) is 63.6 Å². The van der Waals surface area contributed by atoms with Crippen LogP contribution in [-0.4, -0.2) is 52.3 Å². The number of amides is 1. The normalized spacial score (nSPS) is 22.2. The molecule has 1 aromatic heterocycles. The number of nitrogens with one attached hydrogen (secondary N) is 2. The molecule has 1 aliphatic heterocycles. The zero-order valence-corrected chi connectivity index (χ0v) is 17.9. The van der Waals surface area contributed by atoms with E-state index in [1.807, 2.05) is 24.3 Å². The lowest BCUT2D eigenvalue weighted by atomic mass is 9.91. The lowest BCUT2D eigenvalue weighted by Crippen LogP contribution is -2.39. The monoisotopic (exact) mass is 427 g/mol. The second-order valence-corrected chi connectivity index (χ2v) is 8.55. The summed E-state index contributed by atoms with van der Waals surface area (Å²) in [4.78, 5) is 22.1.